The van der Waals surface area contributed by atoms with Crippen molar-refractivity contribution in [2.75, 3.05) is 7.05 Å². The molecule has 8 nitrogen and oxygen atoms in total. The van der Waals surface area contributed by atoms with Crippen molar-refractivity contribution >= 4 is 11.8 Å². The lowest BCUT2D eigenvalue weighted by molar-refractivity contribution is 0.301. The molecule has 0 N–H and O–H groups in total. The number of aromatic nitrogens is 6. The van der Waals surface area contributed by atoms with Crippen molar-refractivity contribution in [2.24, 2.45) is 0 Å². The molecule has 3 aromatic heterocycles. The van der Waals surface area contributed by atoms with Gasteiger partial charge < -0.3 is 9.13 Å². The average molecular weight is 690 g/mol. The summed E-state index contributed by atoms with van der Waals surface area (Å²) in [6, 6.07) is 28.2. The number of pyridine rings is 1. The van der Waals surface area contributed by atoms with Gasteiger partial charge >= 0.3 is 0 Å². The SMILES string of the molecule is CN(Cc1ccccn1)Cc1nnc(Cn2c(SCc3ccc(F)cc3)nc(=O)c3c2CCC3)n1Cc1ccc(-c2ccc(CF)cc2)cc1. The van der Waals surface area contributed by atoms with Crippen molar-refractivity contribution in [3.63, 3.8) is 0 Å². The van der Waals surface area contributed by atoms with Crippen LogP contribution in [0.15, 0.2) is 107 Å². The van der Waals surface area contributed by atoms with Gasteiger partial charge in [0.15, 0.2) is 11.0 Å². The quantitative estimate of drug-likeness (QED) is 0.0953. The van der Waals surface area contributed by atoms with Gasteiger partial charge in [-0.15, -0.1) is 10.2 Å². The Hall–Kier alpha value is -5.00. The van der Waals surface area contributed by atoms with Crippen LogP contribution in [-0.2, 0) is 51.4 Å². The summed E-state index contributed by atoms with van der Waals surface area (Å²) in [5.41, 5.74) is 7.33. The second-order valence-corrected chi connectivity index (χ2v) is 13.6. The molecule has 0 radical (unpaired) electrons. The monoisotopic (exact) mass is 689 g/mol. The lowest BCUT2D eigenvalue weighted by Crippen LogP contribution is -2.24. The Morgan fingerprint density at radius 1 is 0.780 bits per heavy atom. The van der Waals surface area contributed by atoms with E-state index >= 15 is 0 Å². The van der Waals surface area contributed by atoms with Gasteiger partial charge in [-0.3, -0.25) is 14.7 Å². The van der Waals surface area contributed by atoms with Crippen molar-refractivity contribution in [2.45, 2.75) is 63.0 Å². The standard InChI is InChI=1S/C39H37F2N7OS/c1-46(23-33-5-2-3-20-42-33)24-36-44-45-37(48(36)22-28-10-16-31(17-11-28)30-14-8-27(21-40)9-15-30)25-47-35-7-4-6-34(35)38(49)43-39(47)50-26-29-12-18-32(41)19-13-29/h2-3,5,8-20H,4,6-7,21-26H2,1H3. The zero-order valence-electron chi connectivity index (χ0n) is 27.8. The molecule has 0 amide bonds. The van der Waals surface area contributed by atoms with E-state index in [0.29, 0.717) is 49.1 Å². The molecular formula is C39H37F2N7OS. The number of hydrogen-bond donors (Lipinski definition) is 0. The molecule has 3 aromatic carbocycles. The molecule has 7 rings (SSSR count). The minimum absolute atomic E-state index is 0.173. The van der Waals surface area contributed by atoms with E-state index in [2.05, 4.69) is 48.3 Å². The highest BCUT2D eigenvalue weighted by atomic mass is 32.2. The molecule has 1 aliphatic rings. The number of halogens is 2. The number of benzene rings is 3. The van der Waals surface area contributed by atoms with Gasteiger partial charge in [0.2, 0.25) is 0 Å². The zero-order chi connectivity index (χ0) is 34.5. The predicted molar refractivity (Wildman–Crippen MR) is 191 cm³/mol. The molecule has 0 spiro atoms. The minimum Gasteiger partial charge on any atom is -0.316 e. The smallest absolute Gasteiger partial charge is 0.277 e. The number of rotatable bonds is 13. The maximum absolute atomic E-state index is 13.6. The third-order valence-corrected chi connectivity index (χ3v) is 10.0. The first-order valence-corrected chi connectivity index (χ1v) is 17.7. The minimum atomic E-state index is -0.480. The number of thioether (sulfide) groups is 1. The first-order valence-electron chi connectivity index (χ1n) is 16.7. The molecule has 0 atom stereocenters. The summed E-state index contributed by atoms with van der Waals surface area (Å²) in [6.07, 6.45) is 4.20. The normalized spacial score (nSPS) is 12.5. The van der Waals surface area contributed by atoms with Gasteiger partial charge in [0.25, 0.3) is 5.56 Å². The Kier molecular flexibility index (Phi) is 10.2. The summed E-state index contributed by atoms with van der Waals surface area (Å²) in [5, 5.41) is 10.0. The van der Waals surface area contributed by atoms with E-state index in [4.69, 9.17) is 10.2 Å². The number of alkyl halides is 1. The van der Waals surface area contributed by atoms with Gasteiger partial charge in [0, 0.05) is 29.8 Å². The van der Waals surface area contributed by atoms with Crippen LogP contribution < -0.4 is 5.56 Å². The van der Waals surface area contributed by atoms with Gasteiger partial charge in [-0.05, 0) is 78.4 Å². The van der Waals surface area contributed by atoms with E-state index in [9.17, 15) is 13.6 Å². The van der Waals surface area contributed by atoms with Crippen LogP contribution in [-0.4, -0.2) is 41.2 Å². The Balaban J connectivity index is 1.20. The highest BCUT2D eigenvalue weighted by molar-refractivity contribution is 7.98. The fourth-order valence-electron chi connectivity index (χ4n) is 6.36. The molecule has 11 heteroatoms. The molecule has 0 saturated heterocycles. The second kappa shape index (κ2) is 15.3. The molecule has 0 aliphatic heterocycles. The van der Waals surface area contributed by atoms with E-state index in [1.165, 1.54) is 23.9 Å². The fourth-order valence-corrected chi connectivity index (χ4v) is 7.32. The molecule has 0 saturated carbocycles. The molecule has 0 fully saturated rings. The average Bonchev–Trinajstić information content (AvgIpc) is 3.78. The predicted octanol–water partition coefficient (Wildman–Crippen LogP) is 7.02. The van der Waals surface area contributed by atoms with E-state index < -0.39 is 6.67 Å². The highest BCUT2D eigenvalue weighted by Crippen LogP contribution is 2.28. The maximum atomic E-state index is 13.6. The van der Waals surface area contributed by atoms with Crippen molar-refractivity contribution < 1.29 is 8.78 Å². The Bertz CT molecular complexity index is 2120. The second-order valence-electron chi connectivity index (χ2n) is 12.6. The van der Waals surface area contributed by atoms with Crippen LogP contribution in [0.5, 0.6) is 0 Å². The van der Waals surface area contributed by atoms with Crippen LogP contribution in [0.1, 0.15) is 51.7 Å². The molecule has 254 valence electrons. The van der Waals surface area contributed by atoms with Crippen molar-refractivity contribution in [3.8, 4) is 11.1 Å². The van der Waals surface area contributed by atoms with Crippen LogP contribution in [0.25, 0.3) is 11.1 Å². The highest BCUT2D eigenvalue weighted by Gasteiger charge is 2.24. The van der Waals surface area contributed by atoms with Gasteiger partial charge in [-0.25, -0.2) is 8.78 Å². The molecule has 3 heterocycles. The van der Waals surface area contributed by atoms with Crippen LogP contribution in [0.4, 0.5) is 8.78 Å². The molecule has 0 unspecified atom stereocenters. The van der Waals surface area contributed by atoms with E-state index in [0.717, 1.165) is 63.7 Å². The van der Waals surface area contributed by atoms with Crippen molar-refractivity contribution in [3.05, 3.63) is 159 Å². The summed E-state index contributed by atoms with van der Waals surface area (Å²) in [6.45, 7) is 1.67. The van der Waals surface area contributed by atoms with Gasteiger partial charge in [0.05, 0.1) is 25.3 Å². The van der Waals surface area contributed by atoms with Gasteiger partial charge in [-0.2, -0.15) is 4.98 Å². The molecular weight excluding hydrogens is 653 g/mol. The summed E-state index contributed by atoms with van der Waals surface area (Å²) in [7, 11) is 2.04. The summed E-state index contributed by atoms with van der Waals surface area (Å²) in [5.74, 6) is 1.84. The Morgan fingerprint density at radius 3 is 2.18 bits per heavy atom. The number of hydrogen-bond acceptors (Lipinski definition) is 7. The van der Waals surface area contributed by atoms with Gasteiger partial charge in [-0.1, -0.05) is 78.5 Å². The molecule has 1 aliphatic carbocycles. The lowest BCUT2D eigenvalue weighted by Gasteiger charge is -2.19. The van der Waals surface area contributed by atoms with Crippen molar-refractivity contribution in [1.29, 1.82) is 0 Å². The first-order chi connectivity index (χ1) is 24.4. The van der Waals surface area contributed by atoms with E-state index in [1.54, 1.807) is 18.3 Å². The van der Waals surface area contributed by atoms with E-state index in [-0.39, 0.29) is 11.4 Å². The third-order valence-electron chi connectivity index (χ3n) is 8.99. The van der Waals surface area contributed by atoms with Gasteiger partial charge in [0.1, 0.15) is 18.3 Å². The largest absolute Gasteiger partial charge is 0.316 e. The Labute approximate surface area is 293 Å². The first kappa shape index (κ1) is 33.5. The number of nitrogens with zero attached hydrogens (tertiary/aromatic N) is 7. The molecule has 6 aromatic rings. The fraction of sp³-hybridized carbons (Fsp3) is 0.256. The maximum Gasteiger partial charge on any atom is 0.277 e. The molecule has 0 bridgehead atoms. The van der Waals surface area contributed by atoms with Crippen LogP contribution in [0, 0.1) is 5.82 Å². The number of fused-ring (bicyclic) bond motifs is 1. The zero-order valence-corrected chi connectivity index (χ0v) is 28.6. The van der Waals surface area contributed by atoms with Crippen molar-refractivity contribution in [1.82, 2.24) is 34.2 Å². The molecule has 50 heavy (non-hydrogen) atoms. The third kappa shape index (κ3) is 7.74. The lowest BCUT2D eigenvalue weighted by atomic mass is 10.0. The summed E-state index contributed by atoms with van der Waals surface area (Å²) < 4.78 is 30.9. The Morgan fingerprint density at radius 2 is 1.48 bits per heavy atom. The summed E-state index contributed by atoms with van der Waals surface area (Å²) in [4.78, 5) is 24.3. The van der Waals surface area contributed by atoms with Crippen LogP contribution in [0.3, 0.4) is 0 Å². The van der Waals surface area contributed by atoms with Crippen LogP contribution >= 0.6 is 11.8 Å². The van der Waals surface area contributed by atoms with E-state index in [1.807, 2.05) is 49.5 Å². The summed E-state index contributed by atoms with van der Waals surface area (Å²) >= 11 is 1.47. The van der Waals surface area contributed by atoms with Crippen LogP contribution in [0.2, 0.25) is 0 Å². The topological polar surface area (TPSA) is 81.7 Å².